The zero-order valence-corrected chi connectivity index (χ0v) is 17.7. The van der Waals surface area contributed by atoms with Crippen LogP contribution in [0, 0.1) is 12.8 Å². The number of alkyl carbamates (subject to hydrolysis) is 1. The molecule has 2 N–H and O–H groups in total. The quantitative estimate of drug-likeness (QED) is 0.698. The van der Waals surface area contributed by atoms with Crippen LogP contribution < -0.4 is 10.6 Å². The van der Waals surface area contributed by atoms with Gasteiger partial charge in [0.1, 0.15) is 11.6 Å². The van der Waals surface area contributed by atoms with Gasteiger partial charge in [-0.2, -0.15) is 0 Å². The minimum Gasteiger partial charge on any atom is -0.444 e. The van der Waals surface area contributed by atoms with E-state index in [1.165, 1.54) is 10.5 Å². The number of amides is 2. The smallest absolute Gasteiger partial charge is 0.408 e. The highest BCUT2D eigenvalue weighted by Crippen LogP contribution is 2.19. The lowest BCUT2D eigenvalue weighted by Crippen LogP contribution is -2.52. The Morgan fingerprint density at radius 3 is 2.15 bits per heavy atom. The summed E-state index contributed by atoms with van der Waals surface area (Å²) in [6, 6.07) is 7.66. The maximum Gasteiger partial charge on any atom is 0.408 e. The lowest BCUT2D eigenvalue weighted by molar-refractivity contribution is -0.124. The molecule has 0 bridgehead atoms. The number of carbonyl (C=O) groups is 2. The third-order valence-corrected chi connectivity index (χ3v) is 4.80. The fourth-order valence-electron chi connectivity index (χ4n) is 2.20. The number of carbonyl (C=O) groups excluding carboxylic acids is 2. The number of rotatable bonds is 7. The number of benzene rings is 1. The van der Waals surface area contributed by atoms with Crippen molar-refractivity contribution in [2.24, 2.45) is 5.92 Å². The molecule has 0 aromatic heterocycles. The van der Waals surface area contributed by atoms with Crippen LogP contribution in [0.1, 0.15) is 47.1 Å². The maximum absolute atomic E-state index is 12.6. The summed E-state index contributed by atoms with van der Waals surface area (Å²) in [5, 5.41) is 5.66. The van der Waals surface area contributed by atoms with Crippen LogP contribution in [-0.2, 0) is 9.53 Å². The van der Waals surface area contributed by atoms with E-state index >= 15 is 0 Å². The molecule has 0 saturated heterocycles. The van der Waals surface area contributed by atoms with E-state index in [-0.39, 0.29) is 17.9 Å². The van der Waals surface area contributed by atoms with E-state index in [2.05, 4.69) is 41.8 Å². The summed E-state index contributed by atoms with van der Waals surface area (Å²) >= 11 is 1.69. The number of aryl methyl sites for hydroxylation is 1. The van der Waals surface area contributed by atoms with Crippen LogP contribution in [0.25, 0.3) is 0 Å². The molecule has 0 fully saturated rings. The molecule has 0 aliphatic rings. The summed E-state index contributed by atoms with van der Waals surface area (Å²) in [4.78, 5) is 25.7. The molecule has 1 unspecified atom stereocenters. The molecule has 0 aliphatic heterocycles. The highest BCUT2D eigenvalue weighted by molar-refractivity contribution is 7.99. The van der Waals surface area contributed by atoms with Gasteiger partial charge in [-0.1, -0.05) is 31.5 Å². The Balaban J connectivity index is 2.54. The summed E-state index contributed by atoms with van der Waals surface area (Å²) in [7, 11) is 0. The van der Waals surface area contributed by atoms with Crippen molar-refractivity contribution in [3.05, 3.63) is 29.8 Å². The van der Waals surface area contributed by atoms with Crippen molar-refractivity contribution in [1.29, 1.82) is 0 Å². The Bertz CT molecular complexity index is 594. The van der Waals surface area contributed by atoms with Crippen LogP contribution in [-0.4, -0.2) is 35.4 Å². The highest BCUT2D eigenvalue weighted by Gasteiger charge is 2.27. The van der Waals surface area contributed by atoms with Crippen molar-refractivity contribution in [3.8, 4) is 0 Å². The molecule has 146 valence electrons. The Kier molecular flexibility index (Phi) is 8.47. The zero-order valence-electron chi connectivity index (χ0n) is 16.9. The standard InChI is InChI=1S/C20H32N2O3S/c1-13(2)17(22-19(24)25-20(5,6)7)18(23)21-15(4)12-26-16-10-8-14(3)9-11-16/h8-11,13,15,17H,12H2,1-7H3,(H,21,23)(H,22,24)/t15?,17-/m0/s1. The normalized spacial score (nSPS) is 13.8. The van der Waals surface area contributed by atoms with Crippen molar-refractivity contribution < 1.29 is 14.3 Å². The van der Waals surface area contributed by atoms with Crippen molar-refractivity contribution in [3.63, 3.8) is 0 Å². The van der Waals surface area contributed by atoms with Crippen LogP contribution in [0.2, 0.25) is 0 Å². The highest BCUT2D eigenvalue weighted by atomic mass is 32.2. The number of hydrogen-bond donors (Lipinski definition) is 2. The molecule has 0 radical (unpaired) electrons. The van der Waals surface area contributed by atoms with Gasteiger partial charge < -0.3 is 15.4 Å². The van der Waals surface area contributed by atoms with Gasteiger partial charge in [-0.3, -0.25) is 4.79 Å². The van der Waals surface area contributed by atoms with Gasteiger partial charge in [0, 0.05) is 16.7 Å². The van der Waals surface area contributed by atoms with Crippen molar-refractivity contribution in [2.75, 3.05) is 5.75 Å². The van der Waals surface area contributed by atoms with Gasteiger partial charge in [0.2, 0.25) is 5.91 Å². The second kappa shape index (κ2) is 9.86. The molecule has 1 rings (SSSR count). The van der Waals surface area contributed by atoms with Gasteiger partial charge in [-0.25, -0.2) is 4.79 Å². The molecule has 0 heterocycles. The van der Waals surface area contributed by atoms with E-state index in [0.29, 0.717) is 0 Å². The molecule has 2 amide bonds. The first kappa shape index (κ1) is 22.4. The molecule has 1 aromatic carbocycles. The van der Waals surface area contributed by atoms with Gasteiger partial charge in [-0.15, -0.1) is 11.8 Å². The van der Waals surface area contributed by atoms with Crippen LogP contribution in [0.15, 0.2) is 29.2 Å². The van der Waals surface area contributed by atoms with E-state index in [0.717, 1.165) is 5.75 Å². The minimum absolute atomic E-state index is 0.0181. The lowest BCUT2D eigenvalue weighted by Gasteiger charge is -2.26. The van der Waals surface area contributed by atoms with Crippen LogP contribution >= 0.6 is 11.8 Å². The topological polar surface area (TPSA) is 67.4 Å². The Morgan fingerprint density at radius 1 is 1.08 bits per heavy atom. The number of nitrogens with one attached hydrogen (secondary N) is 2. The summed E-state index contributed by atoms with van der Waals surface area (Å²) < 4.78 is 5.25. The fourth-order valence-corrected chi connectivity index (χ4v) is 3.05. The average molecular weight is 381 g/mol. The Hall–Kier alpha value is -1.69. The molecular formula is C20H32N2O3S. The van der Waals surface area contributed by atoms with Crippen molar-refractivity contribution in [2.45, 2.75) is 71.0 Å². The summed E-state index contributed by atoms with van der Waals surface area (Å²) in [6.45, 7) is 13.2. The van der Waals surface area contributed by atoms with E-state index < -0.39 is 17.7 Å². The van der Waals surface area contributed by atoms with Gasteiger partial charge in [0.15, 0.2) is 0 Å². The van der Waals surface area contributed by atoms with Crippen molar-refractivity contribution >= 4 is 23.8 Å². The van der Waals surface area contributed by atoms with Gasteiger partial charge in [0.25, 0.3) is 0 Å². The molecule has 0 saturated carbocycles. The summed E-state index contributed by atoms with van der Waals surface area (Å²) in [5.74, 6) is 0.522. The SMILES string of the molecule is Cc1ccc(SCC(C)NC(=O)[C@@H](NC(=O)OC(C)(C)C)C(C)C)cc1. The Labute approximate surface area is 161 Å². The average Bonchev–Trinajstić information content (AvgIpc) is 2.50. The second-order valence-electron chi connectivity index (χ2n) is 7.90. The fraction of sp³-hybridized carbons (Fsp3) is 0.600. The summed E-state index contributed by atoms with van der Waals surface area (Å²) in [6.07, 6.45) is -0.576. The van der Waals surface area contributed by atoms with E-state index in [1.54, 1.807) is 32.5 Å². The molecule has 2 atom stereocenters. The molecule has 0 spiro atoms. The third kappa shape index (κ3) is 8.61. The molecule has 5 nitrogen and oxygen atoms in total. The lowest BCUT2D eigenvalue weighted by atomic mass is 10.0. The van der Waals surface area contributed by atoms with Crippen LogP contribution in [0.3, 0.4) is 0 Å². The third-order valence-electron chi connectivity index (χ3n) is 3.53. The van der Waals surface area contributed by atoms with Gasteiger partial charge in [0.05, 0.1) is 0 Å². The van der Waals surface area contributed by atoms with E-state index in [1.807, 2.05) is 20.8 Å². The number of ether oxygens (including phenoxy) is 1. The van der Waals surface area contributed by atoms with Crippen molar-refractivity contribution in [1.82, 2.24) is 10.6 Å². The molecular weight excluding hydrogens is 348 g/mol. The molecule has 0 aliphatic carbocycles. The zero-order chi connectivity index (χ0) is 19.9. The Morgan fingerprint density at radius 2 is 1.65 bits per heavy atom. The van der Waals surface area contributed by atoms with Gasteiger partial charge >= 0.3 is 6.09 Å². The van der Waals surface area contributed by atoms with E-state index in [4.69, 9.17) is 4.74 Å². The molecule has 6 heteroatoms. The van der Waals surface area contributed by atoms with E-state index in [9.17, 15) is 9.59 Å². The maximum atomic E-state index is 12.6. The molecule has 26 heavy (non-hydrogen) atoms. The van der Waals surface area contributed by atoms with Crippen LogP contribution in [0.4, 0.5) is 4.79 Å². The second-order valence-corrected chi connectivity index (χ2v) is 9.00. The number of hydrogen-bond acceptors (Lipinski definition) is 4. The van der Waals surface area contributed by atoms with Crippen LogP contribution in [0.5, 0.6) is 0 Å². The largest absolute Gasteiger partial charge is 0.444 e. The summed E-state index contributed by atoms with van der Waals surface area (Å²) in [5.41, 5.74) is 0.628. The predicted molar refractivity (Wildman–Crippen MR) is 108 cm³/mol. The monoisotopic (exact) mass is 380 g/mol. The first-order chi connectivity index (χ1) is 12.0. The minimum atomic E-state index is -0.628. The predicted octanol–water partition coefficient (Wildman–Crippen LogP) is 4.14. The number of thioether (sulfide) groups is 1. The van der Waals surface area contributed by atoms with Gasteiger partial charge in [-0.05, 0) is 52.7 Å². The first-order valence-electron chi connectivity index (χ1n) is 8.97. The molecule has 1 aromatic rings. The first-order valence-corrected chi connectivity index (χ1v) is 9.96.